The summed E-state index contributed by atoms with van der Waals surface area (Å²) in [4.78, 5) is 0. The zero-order valence-electron chi connectivity index (χ0n) is 10.4. The number of ether oxygens (including phenoxy) is 1. The maximum Gasteiger partial charge on any atom is 0.138 e. The second kappa shape index (κ2) is 6.33. The first-order chi connectivity index (χ1) is 9.30. The predicted molar refractivity (Wildman–Crippen MR) is 70.7 cm³/mol. The first-order valence-corrected chi connectivity index (χ1v) is 5.99. The minimum atomic E-state index is -0.258. The van der Waals surface area contributed by atoms with Crippen LogP contribution in [0.4, 0.5) is 0 Å². The van der Waals surface area contributed by atoms with Crippen LogP contribution in [0.3, 0.4) is 0 Å². The molecule has 0 heterocycles. The van der Waals surface area contributed by atoms with Crippen LogP contribution >= 0.6 is 0 Å². The number of aliphatic hydroxyl groups excluding tert-OH is 3. The summed E-state index contributed by atoms with van der Waals surface area (Å²) in [7, 11) is 0. The Balaban J connectivity index is 2.46. The average molecular weight is 260 g/mol. The average Bonchev–Trinajstić information content (AvgIpc) is 2.47. The van der Waals surface area contributed by atoms with Crippen molar-refractivity contribution in [1.82, 2.24) is 0 Å². The molecule has 0 aromatic heterocycles. The van der Waals surface area contributed by atoms with Gasteiger partial charge in [0, 0.05) is 11.1 Å². The lowest BCUT2D eigenvalue weighted by Gasteiger charge is -2.16. The molecule has 0 atom stereocenters. The first-order valence-electron chi connectivity index (χ1n) is 5.99. The quantitative estimate of drug-likeness (QED) is 0.768. The molecule has 19 heavy (non-hydrogen) atoms. The Morgan fingerprint density at radius 3 is 1.95 bits per heavy atom. The van der Waals surface area contributed by atoms with Crippen LogP contribution in [0.15, 0.2) is 42.5 Å². The van der Waals surface area contributed by atoms with E-state index < -0.39 is 0 Å². The van der Waals surface area contributed by atoms with Crippen LogP contribution in [0.5, 0.6) is 11.5 Å². The normalized spacial score (nSPS) is 10.5. The first kappa shape index (κ1) is 13.5. The number of hydrogen-bond acceptors (Lipinski definition) is 4. The van der Waals surface area contributed by atoms with E-state index in [0.29, 0.717) is 28.2 Å². The molecule has 0 saturated carbocycles. The Hall–Kier alpha value is -1.88. The molecule has 0 spiro atoms. The third kappa shape index (κ3) is 2.93. The van der Waals surface area contributed by atoms with E-state index in [1.54, 1.807) is 24.3 Å². The van der Waals surface area contributed by atoms with Gasteiger partial charge in [0.25, 0.3) is 0 Å². The monoisotopic (exact) mass is 260 g/mol. The molecule has 2 aromatic rings. The van der Waals surface area contributed by atoms with Crippen LogP contribution in [0.1, 0.15) is 16.7 Å². The molecule has 100 valence electrons. The molecule has 0 bridgehead atoms. The highest BCUT2D eigenvalue weighted by Gasteiger charge is 2.14. The Bertz CT molecular complexity index is 537. The fraction of sp³-hybridized carbons (Fsp3) is 0.200. The molecule has 4 heteroatoms. The highest BCUT2D eigenvalue weighted by molar-refractivity contribution is 5.48. The Morgan fingerprint density at radius 2 is 1.37 bits per heavy atom. The molecule has 0 unspecified atom stereocenters. The van der Waals surface area contributed by atoms with Crippen LogP contribution in [0.25, 0.3) is 0 Å². The van der Waals surface area contributed by atoms with Gasteiger partial charge in [-0.2, -0.15) is 0 Å². The maximum absolute atomic E-state index is 9.46. The number of aliphatic hydroxyl groups is 3. The largest absolute Gasteiger partial charge is 0.457 e. The molecule has 4 nitrogen and oxygen atoms in total. The zero-order valence-corrected chi connectivity index (χ0v) is 10.4. The molecule has 0 aliphatic carbocycles. The fourth-order valence-corrected chi connectivity index (χ4v) is 1.90. The minimum Gasteiger partial charge on any atom is -0.457 e. The summed E-state index contributed by atoms with van der Waals surface area (Å²) in [6.45, 7) is -0.639. The van der Waals surface area contributed by atoms with E-state index in [2.05, 4.69) is 0 Å². The smallest absolute Gasteiger partial charge is 0.138 e. The highest BCUT2D eigenvalue weighted by atomic mass is 16.5. The lowest BCUT2D eigenvalue weighted by atomic mass is 10.0. The van der Waals surface area contributed by atoms with Crippen LogP contribution in [0, 0.1) is 0 Å². The zero-order chi connectivity index (χ0) is 13.7. The molecular weight excluding hydrogens is 244 g/mol. The van der Waals surface area contributed by atoms with E-state index in [-0.39, 0.29) is 19.8 Å². The van der Waals surface area contributed by atoms with Gasteiger partial charge >= 0.3 is 0 Å². The van der Waals surface area contributed by atoms with E-state index in [1.165, 1.54) is 0 Å². The molecule has 0 fully saturated rings. The topological polar surface area (TPSA) is 69.9 Å². The van der Waals surface area contributed by atoms with Gasteiger partial charge in [-0.1, -0.05) is 30.3 Å². The van der Waals surface area contributed by atoms with Gasteiger partial charge in [0.05, 0.1) is 19.8 Å². The van der Waals surface area contributed by atoms with Gasteiger partial charge in [-0.3, -0.25) is 0 Å². The van der Waals surface area contributed by atoms with E-state index in [0.717, 1.165) is 0 Å². The molecular formula is C15H16O4. The van der Waals surface area contributed by atoms with Crippen LogP contribution in [-0.2, 0) is 19.8 Å². The van der Waals surface area contributed by atoms with Crippen molar-refractivity contribution in [2.45, 2.75) is 19.8 Å². The molecule has 3 N–H and O–H groups in total. The summed E-state index contributed by atoms with van der Waals surface area (Å²) in [5.74, 6) is 1.02. The summed E-state index contributed by atoms with van der Waals surface area (Å²) in [6, 6.07) is 12.5. The van der Waals surface area contributed by atoms with E-state index >= 15 is 0 Å². The lowest BCUT2D eigenvalue weighted by molar-refractivity contribution is 0.251. The van der Waals surface area contributed by atoms with Crippen molar-refractivity contribution in [2.24, 2.45) is 0 Å². The fourth-order valence-electron chi connectivity index (χ4n) is 1.90. The summed E-state index contributed by atoms with van der Waals surface area (Å²) in [6.07, 6.45) is 0. The Kier molecular flexibility index (Phi) is 4.52. The van der Waals surface area contributed by atoms with Gasteiger partial charge in [-0.15, -0.1) is 0 Å². The molecule has 0 saturated heterocycles. The molecule has 2 aromatic carbocycles. The van der Waals surface area contributed by atoms with Crippen molar-refractivity contribution in [2.75, 3.05) is 0 Å². The van der Waals surface area contributed by atoms with Crippen LogP contribution < -0.4 is 4.74 Å². The Morgan fingerprint density at radius 1 is 0.737 bits per heavy atom. The molecule has 0 radical (unpaired) electrons. The van der Waals surface area contributed by atoms with Crippen molar-refractivity contribution >= 4 is 0 Å². The van der Waals surface area contributed by atoms with Gasteiger partial charge in [0.1, 0.15) is 11.5 Å². The van der Waals surface area contributed by atoms with Crippen molar-refractivity contribution in [1.29, 1.82) is 0 Å². The Labute approximate surface area is 111 Å². The maximum atomic E-state index is 9.46. The number of rotatable bonds is 5. The van der Waals surface area contributed by atoms with Gasteiger partial charge in [-0.25, -0.2) is 0 Å². The second-order valence-corrected chi connectivity index (χ2v) is 4.08. The van der Waals surface area contributed by atoms with E-state index in [4.69, 9.17) is 4.74 Å². The number of hydrogen-bond donors (Lipinski definition) is 3. The van der Waals surface area contributed by atoms with Crippen LogP contribution in [-0.4, -0.2) is 15.3 Å². The molecule has 2 rings (SSSR count). The highest BCUT2D eigenvalue weighted by Crippen LogP contribution is 2.32. The van der Waals surface area contributed by atoms with Crippen molar-refractivity contribution in [3.8, 4) is 11.5 Å². The predicted octanol–water partition coefficient (Wildman–Crippen LogP) is 1.96. The number of benzene rings is 2. The van der Waals surface area contributed by atoms with Gasteiger partial charge in [0.2, 0.25) is 0 Å². The standard InChI is InChI=1S/C15H16O4/c16-8-11-6-7-12(9-17)15(14(11)10-18)19-13-4-2-1-3-5-13/h1-7,16-18H,8-10H2. The lowest BCUT2D eigenvalue weighted by Crippen LogP contribution is -2.02. The minimum absolute atomic E-state index is 0.188. The summed E-state index contributed by atoms with van der Waals surface area (Å²) < 4.78 is 5.73. The molecule has 0 amide bonds. The SMILES string of the molecule is OCc1ccc(CO)c(Oc2ccccc2)c1CO. The van der Waals surface area contributed by atoms with Crippen LogP contribution in [0.2, 0.25) is 0 Å². The second-order valence-electron chi connectivity index (χ2n) is 4.08. The third-order valence-corrected chi connectivity index (χ3v) is 2.90. The summed E-state index contributed by atoms with van der Waals surface area (Å²) >= 11 is 0. The third-order valence-electron chi connectivity index (χ3n) is 2.90. The van der Waals surface area contributed by atoms with Gasteiger partial charge in [0.15, 0.2) is 0 Å². The van der Waals surface area contributed by atoms with Gasteiger partial charge in [-0.05, 0) is 17.7 Å². The van der Waals surface area contributed by atoms with E-state index in [1.807, 2.05) is 18.2 Å². The van der Waals surface area contributed by atoms with Crippen molar-refractivity contribution < 1.29 is 20.1 Å². The van der Waals surface area contributed by atoms with Gasteiger partial charge < -0.3 is 20.1 Å². The van der Waals surface area contributed by atoms with Crippen molar-refractivity contribution in [3.63, 3.8) is 0 Å². The van der Waals surface area contributed by atoms with Crippen molar-refractivity contribution in [3.05, 3.63) is 59.2 Å². The summed E-state index contributed by atoms with van der Waals surface area (Å²) in [5.41, 5.74) is 1.66. The molecule has 0 aliphatic heterocycles. The summed E-state index contributed by atoms with van der Waals surface area (Å²) in [5, 5.41) is 28.1. The van der Waals surface area contributed by atoms with E-state index in [9.17, 15) is 15.3 Å². The number of para-hydroxylation sites is 1. The molecule has 0 aliphatic rings.